The van der Waals surface area contributed by atoms with E-state index >= 15 is 0 Å². The summed E-state index contributed by atoms with van der Waals surface area (Å²) < 4.78 is 18.4. The van der Waals surface area contributed by atoms with Gasteiger partial charge in [-0.1, -0.05) is 24.3 Å². The minimum Gasteiger partial charge on any atom is -0.465 e. The molecule has 1 heterocycles. The quantitative estimate of drug-likeness (QED) is 0.868. The lowest BCUT2D eigenvalue weighted by molar-refractivity contribution is -0.142. The molecule has 0 aromatic heterocycles. The van der Waals surface area contributed by atoms with E-state index in [1.54, 1.807) is 19.1 Å². The maximum atomic E-state index is 13.2. The standard InChI is InChI=1S/C17H16FNO2S/c1-2-21-17(20)16-15(11-7-9-12(18)10-8-11)19-13-5-3-4-6-14(13)22-16/h3-10,15-16,19H,2H2,1H3/t15-,16-/m1/s1. The highest BCUT2D eigenvalue weighted by molar-refractivity contribution is 8.00. The number of ether oxygens (including phenoxy) is 1. The van der Waals surface area contributed by atoms with Crippen LogP contribution in [0.3, 0.4) is 0 Å². The molecule has 2 atom stereocenters. The van der Waals surface area contributed by atoms with Crippen LogP contribution in [-0.2, 0) is 9.53 Å². The number of nitrogens with one attached hydrogen (secondary N) is 1. The molecule has 5 heteroatoms. The molecule has 22 heavy (non-hydrogen) atoms. The van der Waals surface area contributed by atoms with E-state index in [9.17, 15) is 9.18 Å². The molecule has 3 nitrogen and oxygen atoms in total. The fraction of sp³-hybridized carbons (Fsp3) is 0.235. The van der Waals surface area contributed by atoms with Crippen LogP contribution in [-0.4, -0.2) is 17.8 Å². The zero-order chi connectivity index (χ0) is 15.5. The summed E-state index contributed by atoms with van der Waals surface area (Å²) in [4.78, 5) is 13.3. The van der Waals surface area contributed by atoms with Crippen molar-refractivity contribution in [2.45, 2.75) is 23.1 Å². The molecule has 0 amide bonds. The van der Waals surface area contributed by atoms with E-state index < -0.39 is 5.25 Å². The highest BCUT2D eigenvalue weighted by Crippen LogP contribution is 2.43. The van der Waals surface area contributed by atoms with Crippen LogP contribution in [0.4, 0.5) is 10.1 Å². The number of esters is 1. The summed E-state index contributed by atoms with van der Waals surface area (Å²) in [7, 11) is 0. The average molecular weight is 317 g/mol. The van der Waals surface area contributed by atoms with Crippen LogP contribution in [0.5, 0.6) is 0 Å². The Hall–Kier alpha value is -2.01. The number of thioether (sulfide) groups is 1. The minimum absolute atomic E-state index is 0.250. The Labute approximate surface area is 132 Å². The molecule has 1 aliphatic rings. The summed E-state index contributed by atoms with van der Waals surface area (Å²) >= 11 is 1.48. The SMILES string of the molecule is CCOC(=O)[C@@H]1Sc2ccccc2N[C@@H]1c1ccc(F)cc1. The van der Waals surface area contributed by atoms with Gasteiger partial charge in [-0.05, 0) is 36.8 Å². The Kier molecular flexibility index (Phi) is 4.34. The molecule has 0 saturated carbocycles. The number of para-hydroxylation sites is 1. The largest absolute Gasteiger partial charge is 0.465 e. The molecule has 2 aromatic carbocycles. The van der Waals surface area contributed by atoms with Crippen molar-refractivity contribution in [2.75, 3.05) is 11.9 Å². The van der Waals surface area contributed by atoms with Gasteiger partial charge in [0.2, 0.25) is 0 Å². The van der Waals surface area contributed by atoms with Gasteiger partial charge in [-0.3, -0.25) is 4.79 Å². The highest BCUT2D eigenvalue weighted by atomic mass is 32.2. The molecule has 0 saturated heterocycles. The molecule has 0 bridgehead atoms. The zero-order valence-corrected chi connectivity index (χ0v) is 12.9. The lowest BCUT2D eigenvalue weighted by Gasteiger charge is -2.33. The Morgan fingerprint density at radius 1 is 1.23 bits per heavy atom. The van der Waals surface area contributed by atoms with Gasteiger partial charge in [0.1, 0.15) is 11.1 Å². The summed E-state index contributed by atoms with van der Waals surface area (Å²) in [5.74, 6) is -0.552. The van der Waals surface area contributed by atoms with E-state index in [2.05, 4.69) is 5.32 Å². The summed E-state index contributed by atoms with van der Waals surface area (Å²) in [6, 6.07) is 13.8. The Balaban J connectivity index is 1.96. The van der Waals surface area contributed by atoms with E-state index in [4.69, 9.17) is 4.74 Å². The third-order valence-electron chi connectivity index (χ3n) is 3.50. The van der Waals surface area contributed by atoms with Crippen LogP contribution in [0, 0.1) is 5.82 Å². The number of carbonyl (C=O) groups is 1. The van der Waals surface area contributed by atoms with E-state index in [0.29, 0.717) is 6.61 Å². The molecule has 0 aliphatic carbocycles. The van der Waals surface area contributed by atoms with Gasteiger partial charge in [0.05, 0.1) is 12.6 Å². The average Bonchev–Trinajstić information content (AvgIpc) is 2.54. The fourth-order valence-corrected chi connectivity index (χ4v) is 3.68. The minimum atomic E-state index is -0.402. The van der Waals surface area contributed by atoms with Crippen molar-refractivity contribution in [3.63, 3.8) is 0 Å². The zero-order valence-electron chi connectivity index (χ0n) is 12.1. The molecule has 1 aliphatic heterocycles. The second-order valence-corrected chi connectivity index (χ2v) is 6.14. The predicted octanol–water partition coefficient (Wildman–Crippen LogP) is 4.02. The maximum absolute atomic E-state index is 13.2. The number of hydrogen-bond acceptors (Lipinski definition) is 4. The van der Waals surface area contributed by atoms with Crippen molar-refractivity contribution in [3.05, 3.63) is 59.9 Å². The number of anilines is 1. The van der Waals surface area contributed by atoms with E-state index in [-0.39, 0.29) is 17.8 Å². The number of benzene rings is 2. The summed E-state index contributed by atoms with van der Waals surface area (Å²) in [6.45, 7) is 2.13. The number of carbonyl (C=O) groups excluding carboxylic acids is 1. The van der Waals surface area contributed by atoms with Gasteiger partial charge in [-0.2, -0.15) is 0 Å². The van der Waals surface area contributed by atoms with Crippen molar-refractivity contribution >= 4 is 23.4 Å². The first-order valence-corrected chi connectivity index (χ1v) is 8.01. The molecule has 3 rings (SSSR count). The van der Waals surface area contributed by atoms with Crippen LogP contribution in [0.25, 0.3) is 0 Å². The molecule has 1 N–H and O–H groups in total. The van der Waals surface area contributed by atoms with Crippen molar-refractivity contribution in [3.8, 4) is 0 Å². The Bertz CT molecular complexity index is 675. The highest BCUT2D eigenvalue weighted by Gasteiger charge is 2.36. The number of hydrogen-bond donors (Lipinski definition) is 1. The van der Waals surface area contributed by atoms with Crippen LogP contribution < -0.4 is 5.32 Å². The second-order valence-electron chi connectivity index (χ2n) is 4.96. The van der Waals surface area contributed by atoms with Crippen molar-refractivity contribution in [1.29, 1.82) is 0 Å². The van der Waals surface area contributed by atoms with Crippen LogP contribution in [0.1, 0.15) is 18.5 Å². The van der Waals surface area contributed by atoms with Crippen molar-refractivity contribution in [1.82, 2.24) is 0 Å². The van der Waals surface area contributed by atoms with Crippen molar-refractivity contribution < 1.29 is 13.9 Å². The molecule has 2 aromatic rings. The van der Waals surface area contributed by atoms with E-state index in [0.717, 1.165) is 16.1 Å². The van der Waals surface area contributed by atoms with Gasteiger partial charge in [0.15, 0.2) is 0 Å². The number of halogens is 1. The summed E-state index contributed by atoms with van der Waals surface area (Å²) in [5, 5.41) is 2.98. The molecule has 0 unspecified atom stereocenters. The lowest BCUT2D eigenvalue weighted by Crippen LogP contribution is -2.34. The molecule has 0 radical (unpaired) electrons. The number of rotatable bonds is 3. The molecule has 114 valence electrons. The Morgan fingerprint density at radius 2 is 1.95 bits per heavy atom. The smallest absolute Gasteiger partial charge is 0.321 e. The van der Waals surface area contributed by atoms with Crippen LogP contribution in [0.15, 0.2) is 53.4 Å². The normalized spacial score (nSPS) is 19.9. The van der Waals surface area contributed by atoms with Gasteiger partial charge in [0, 0.05) is 10.6 Å². The lowest BCUT2D eigenvalue weighted by atomic mass is 10.0. The summed E-state index contributed by atoms with van der Waals surface area (Å²) in [5.41, 5.74) is 1.84. The molecule has 0 fully saturated rings. The van der Waals surface area contributed by atoms with Gasteiger partial charge in [-0.15, -0.1) is 11.8 Å². The third-order valence-corrected chi connectivity index (χ3v) is 4.83. The van der Waals surface area contributed by atoms with Gasteiger partial charge in [0.25, 0.3) is 0 Å². The predicted molar refractivity (Wildman–Crippen MR) is 85.5 cm³/mol. The van der Waals surface area contributed by atoms with E-state index in [1.165, 1.54) is 23.9 Å². The van der Waals surface area contributed by atoms with Crippen LogP contribution >= 0.6 is 11.8 Å². The van der Waals surface area contributed by atoms with Crippen molar-refractivity contribution in [2.24, 2.45) is 0 Å². The fourth-order valence-electron chi connectivity index (χ4n) is 2.47. The monoisotopic (exact) mass is 317 g/mol. The maximum Gasteiger partial charge on any atom is 0.321 e. The van der Waals surface area contributed by atoms with Gasteiger partial charge in [-0.25, -0.2) is 4.39 Å². The first-order chi connectivity index (χ1) is 10.7. The molecule has 0 spiro atoms. The van der Waals surface area contributed by atoms with Gasteiger partial charge < -0.3 is 10.1 Å². The van der Waals surface area contributed by atoms with E-state index in [1.807, 2.05) is 24.3 Å². The topological polar surface area (TPSA) is 38.3 Å². The summed E-state index contributed by atoms with van der Waals surface area (Å²) in [6.07, 6.45) is 0. The first kappa shape index (κ1) is 14.9. The number of fused-ring (bicyclic) bond motifs is 1. The Morgan fingerprint density at radius 3 is 2.68 bits per heavy atom. The molecular formula is C17H16FNO2S. The van der Waals surface area contributed by atoms with Crippen LogP contribution in [0.2, 0.25) is 0 Å². The second kappa shape index (κ2) is 6.40. The third kappa shape index (κ3) is 2.95. The van der Waals surface area contributed by atoms with Gasteiger partial charge >= 0.3 is 5.97 Å². The first-order valence-electron chi connectivity index (χ1n) is 7.13. The molecular weight excluding hydrogens is 301 g/mol.